The molecule has 4 heterocycles. The number of para-hydroxylation sites is 3. The van der Waals surface area contributed by atoms with E-state index < -0.39 is 0 Å². The number of thiazole rings is 1. The Hall–Kier alpha value is -6.54. The Morgan fingerprint density at radius 2 is 1.09 bits per heavy atom. The molecule has 0 radical (unpaired) electrons. The van der Waals surface area contributed by atoms with Crippen molar-refractivity contribution < 1.29 is 0 Å². The first-order valence-electron chi connectivity index (χ1n) is 17.5. The number of nitrogens with zero attached hydrogens (tertiary/aromatic N) is 5. The number of rotatable bonds is 5. The van der Waals surface area contributed by atoms with Crippen LogP contribution in [0, 0.1) is 0 Å². The van der Waals surface area contributed by atoms with Crippen LogP contribution in [0.25, 0.3) is 103 Å². The van der Waals surface area contributed by atoms with Crippen LogP contribution >= 0.6 is 22.7 Å². The first-order valence-corrected chi connectivity index (χ1v) is 19.1. The van der Waals surface area contributed by atoms with E-state index in [1.54, 1.807) is 22.7 Å². The quantitative estimate of drug-likeness (QED) is 0.178. The topological polar surface area (TPSA) is 56.5 Å². The van der Waals surface area contributed by atoms with E-state index in [1.165, 1.54) is 30.9 Å². The van der Waals surface area contributed by atoms with Gasteiger partial charge in [-0.15, -0.1) is 22.7 Å². The molecule has 0 spiro atoms. The van der Waals surface area contributed by atoms with Crippen LogP contribution < -0.4 is 0 Å². The molecule has 4 aromatic heterocycles. The molecule has 0 amide bonds. The minimum Gasteiger partial charge on any atom is -0.309 e. The van der Waals surface area contributed by atoms with Gasteiger partial charge in [-0.1, -0.05) is 109 Å². The third-order valence-corrected chi connectivity index (χ3v) is 12.2. The molecule has 5 nitrogen and oxygen atoms in total. The lowest BCUT2D eigenvalue weighted by atomic mass is 10.1. The van der Waals surface area contributed by atoms with Crippen molar-refractivity contribution in [2.24, 2.45) is 0 Å². The largest absolute Gasteiger partial charge is 0.309 e. The standard InChI is InChI=1S/C46H27N5S2/c1-3-12-28(13-4-1)43-48-44(29-22-24-33-32-16-7-9-20-38(32)51(39(33)27-29)31-14-5-2-6-15-31)50-45(49-43)35-18-11-17-34-36-26-30(23-25-40(36)52-42(34)35)46-47-37-19-8-10-21-41(37)53-46/h1-27H. The molecule has 0 N–H and O–H groups in total. The van der Waals surface area contributed by atoms with Crippen molar-refractivity contribution in [1.82, 2.24) is 24.5 Å². The fourth-order valence-corrected chi connectivity index (χ4v) is 9.56. The maximum Gasteiger partial charge on any atom is 0.165 e. The van der Waals surface area contributed by atoms with Gasteiger partial charge in [0.15, 0.2) is 17.5 Å². The van der Waals surface area contributed by atoms with E-state index in [0.717, 1.165) is 54.2 Å². The molecule has 11 aromatic rings. The SMILES string of the molecule is c1ccc(-c2nc(-c3ccc4c5ccccc5n(-c5ccccc5)c4c3)nc(-c3cccc4c3sc3ccc(-c5nc6ccccc6s5)cc34)n2)cc1. The molecule has 0 aliphatic rings. The summed E-state index contributed by atoms with van der Waals surface area (Å²) in [5, 5.41) is 5.82. The number of thiophene rings is 1. The van der Waals surface area contributed by atoms with E-state index in [2.05, 4.69) is 144 Å². The number of aromatic nitrogens is 5. The van der Waals surface area contributed by atoms with E-state index in [-0.39, 0.29) is 0 Å². The van der Waals surface area contributed by atoms with Crippen LogP contribution in [-0.4, -0.2) is 24.5 Å². The molecule has 0 saturated heterocycles. The second kappa shape index (κ2) is 12.0. The number of fused-ring (bicyclic) bond motifs is 7. The van der Waals surface area contributed by atoms with Crippen molar-refractivity contribution in [3.63, 3.8) is 0 Å². The summed E-state index contributed by atoms with van der Waals surface area (Å²) in [5.41, 5.74) is 8.41. The number of hydrogen-bond acceptors (Lipinski definition) is 6. The molecular weight excluding hydrogens is 687 g/mol. The van der Waals surface area contributed by atoms with Gasteiger partial charge in [-0.3, -0.25) is 0 Å². The second-order valence-electron chi connectivity index (χ2n) is 13.1. The highest BCUT2D eigenvalue weighted by Crippen LogP contribution is 2.42. The van der Waals surface area contributed by atoms with Crippen molar-refractivity contribution >= 4 is 74.9 Å². The molecule has 0 saturated carbocycles. The van der Waals surface area contributed by atoms with Crippen LogP contribution in [0.15, 0.2) is 164 Å². The Morgan fingerprint density at radius 1 is 0.396 bits per heavy atom. The maximum atomic E-state index is 5.24. The van der Waals surface area contributed by atoms with Crippen LogP contribution in [0.2, 0.25) is 0 Å². The monoisotopic (exact) mass is 713 g/mol. The zero-order valence-corrected chi connectivity index (χ0v) is 29.8. The molecule has 0 aliphatic carbocycles. The summed E-state index contributed by atoms with van der Waals surface area (Å²) < 4.78 is 5.89. The van der Waals surface area contributed by atoms with Gasteiger partial charge < -0.3 is 4.57 Å². The summed E-state index contributed by atoms with van der Waals surface area (Å²) in [4.78, 5) is 20.4. The average Bonchev–Trinajstić information content (AvgIpc) is 3.93. The average molecular weight is 714 g/mol. The first kappa shape index (κ1) is 30.1. The van der Waals surface area contributed by atoms with Crippen molar-refractivity contribution in [3.8, 4) is 50.4 Å². The highest BCUT2D eigenvalue weighted by molar-refractivity contribution is 7.26. The Labute approximate surface area is 312 Å². The number of hydrogen-bond donors (Lipinski definition) is 0. The van der Waals surface area contributed by atoms with Crippen LogP contribution in [0.3, 0.4) is 0 Å². The predicted molar refractivity (Wildman–Crippen MR) is 222 cm³/mol. The summed E-state index contributed by atoms with van der Waals surface area (Å²) in [7, 11) is 0. The van der Waals surface area contributed by atoms with Crippen molar-refractivity contribution in [1.29, 1.82) is 0 Å². The molecule has 11 rings (SSSR count). The van der Waals surface area contributed by atoms with Gasteiger partial charge in [0, 0.05) is 58.9 Å². The highest BCUT2D eigenvalue weighted by Gasteiger charge is 2.19. The molecule has 0 atom stereocenters. The maximum absolute atomic E-state index is 5.24. The Balaban J connectivity index is 1.10. The normalized spacial score (nSPS) is 11.8. The summed E-state index contributed by atoms with van der Waals surface area (Å²) in [6, 6.07) is 57.3. The lowest BCUT2D eigenvalue weighted by Gasteiger charge is -2.10. The van der Waals surface area contributed by atoms with Gasteiger partial charge in [0.25, 0.3) is 0 Å². The fourth-order valence-electron chi connectivity index (χ4n) is 7.41. The Bertz CT molecular complexity index is 3150. The summed E-state index contributed by atoms with van der Waals surface area (Å²) in [6.07, 6.45) is 0. The van der Waals surface area contributed by atoms with E-state index in [1.807, 2.05) is 24.3 Å². The van der Waals surface area contributed by atoms with Crippen LogP contribution in [0.1, 0.15) is 0 Å². The Morgan fingerprint density at radius 3 is 1.96 bits per heavy atom. The van der Waals surface area contributed by atoms with E-state index in [4.69, 9.17) is 19.9 Å². The third-order valence-electron chi connectivity index (χ3n) is 9.89. The molecule has 0 bridgehead atoms. The molecule has 7 heteroatoms. The van der Waals surface area contributed by atoms with Crippen LogP contribution in [0.4, 0.5) is 0 Å². The van der Waals surface area contributed by atoms with Crippen molar-refractivity contribution in [2.75, 3.05) is 0 Å². The summed E-state index contributed by atoms with van der Waals surface area (Å²) in [6.45, 7) is 0. The van der Waals surface area contributed by atoms with Gasteiger partial charge in [0.05, 0.1) is 21.3 Å². The molecular formula is C46H27N5S2. The zero-order valence-electron chi connectivity index (χ0n) is 28.1. The van der Waals surface area contributed by atoms with Crippen LogP contribution in [-0.2, 0) is 0 Å². The Kier molecular flexibility index (Phi) is 6.83. The first-order chi connectivity index (χ1) is 26.2. The highest BCUT2D eigenvalue weighted by atomic mass is 32.1. The van der Waals surface area contributed by atoms with Gasteiger partial charge in [-0.25, -0.2) is 19.9 Å². The number of benzene rings is 7. The molecule has 0 fully saturated rings. The van der Waals surface area contributed by atoms with E-state index in [9.17, 15) is 0 Å². The van der Waals surface area contributed by atoms with Gasteiger partial charge in [-0.05, 0) is 54.6 Å². The predicted octanol–water partition coefficient (Wildman–Crippen LogP) is 12.6. The molecule has 0 aliphatic heterocycles. The zero-order chi connectivity index (χ0) is 34.9. The molecule has 53 heavy (non-hydrogen) atoms. The van der Waals surface area contributed by atoms with Gasteiger partial charge in [-0.2, -0.15) is 0 Å². The summed E-state index contributed by atoms with van der Waals surface area (Å²) in [5.74, 6) is 1.93. The lowest BCUT2D eigenvalue weighted by Crippen LogP contribution is -2.00. The minimum atomic E-state index is 0.636. The van der Waals surface area contributed by atoms with Crippen LogP contribution in [0.5, 0.6) is 0 Å². The lowest BCUT2D eigenvalue weighted by molar-refractivity contribution is 1.08. The molecule has 0 unspecified atom stereocenters. The third kappa shape index (κ3) is 4.97. The van der Waals surface area contributed by atoms with E-state index >= 15 is 0 Å². The molecule has 7 aromatic carbocycles. The fraction of sp³-hybridized carbons (Fsp3) is 0. The van der Waals surface area contributed by atoms with Gasteiger partial charge in [0.2, 0.25) is 0 Å². The van der Waals surface area contributed by atoms with Crippen molar-refractivity contribution in [3.05, 3.63) is 164 Å². The molecule has 248 valence electrons. The van der Waals surface area contributed by atoms with Gasteiger partial charge in [0.1, 0.15) is 5.01 Å². The van der Waals surface area contributed by atoms with Crippen molar-refractivity contribution in [2.45, 2.75) is 0 Å². The smallest absolute Gasteiger partial charge is 0.165 e. The minimum absolute atomic E-state index is 0.636. The van der Waals surface area contributed by atoms with E-state index in [0.29, 0.717) is 17.5 Å². The second-order valence-corrected chi connectivity index (χ2v) is 15.2. The summed E-state index contributed by atoms with van der Waals surface area (Å²) >= 11 is 3.51. The van der Waals surface area contributed by atoms with Gasteiger partial charge >= 0.3 is 0 Å².